The Bertz CT molecular complexity index is 166. The SMILES string of the molecule is CCCN(CCCCCCNCC)CC1CC1. The molecule has 1 fully saturated rings. The van der Waals surface area contributed by atoms with Gasteiger partial charge in [0.1, 0.15) is 0 Å². The largest absolute Gasteiger partial charge is 0.317 e. The Morgan fingerprint density at radius 2 is 1.76 bits per heavy atom. The maximum absolute atomic E-state index is 3.39. The van der Waals surface area contributed by atoms with E-state index in [9.17, 15) is 0 Å². The van der Waals surface area contributed by atoms with Crippen LogP contribution in [0.15, 0.2) is 0 Å². The van der Waals surface area contributed by atoms with Crippen molar-refractivity contribution in [1.82, 2.24) is 10.2 Å². The Morgan fingerprint density at radius 3 is 2.41 bits per heavy atom. The second-order valence-corrected chi connectivity index (χ2v) is 5.51. The third-order valence-electron chi connectivity index (χ3n) is 3.58. The molecule has 0 aromatic heterocycles. The van der Waals surface area contributed by atoms with Gasteiger partial charge in [0, 0.05) is 6.54 Å². The van der Waals surface area contributed by atoms with Crippen LogP contribution in [0.1, 0.15) is 58.8 Å². The van der Waals surface area contributed by atoms with E-state index in [1.54, 1.807) is 0 Å². The van der Waals surface area contributed by atoms with Gasteiger partial charge in [0.2, 0.25) is 0 Å². The zero-order valence-corrected chi connectivity index (χ0v) is 12.0. The Balaban J connectivity index is 1.90. The van der Waals surface area contributed by atoms with E-state index < -0.39 is 0 Å². The molecule has 1 saturated carbocycles. The zero-order valence-electron chi connectivity index (χ0n) is 12.0. The van der Waals surface area contributed by atoms with Crippen molar-refractivity contribution in [3.8, 4) is 0 Å². The molecule has 1 aliphatic rings. The van der Waals surface area contributed by atoms with Crippen LogP contribution in [0, 0.1) is 5.92 Å². The van der Waals surface area contributed by atoms with Gasteiger partial charge in [-0.25, -0.2) is 0 Å². The first-order valence-electron chi connectivity index (χ1n) is 7.79. The van der Waals surface area contributed by atoms with Gasteiger partial charge in [0.25, 0.3) is 0 Å². The summed E-state index contributed by atoms with van der Waals surface area (Å²) in [4.78, 5) is 2.70. The van der Waals surface area contributed by atoms with E-state index in [1.807, 2.05) is 0 Å². The highest BCUT2D eigenvalue weighted by Crippen LogP contribution is 2.29. The smallest absolute Gasteiger partial charge is 0.000966 e. The van der Waals surface area contributed by atoms with Crippen molar-refractivity contribution in [2.75, 3.05) is 32.7 Å². The zero-order chi connectivity index (χ0) is 12.3. The van der Waals surface area contributed by atoms with Crippen LogP contribution in [0.4, 0.5) is 0 Å². The summed E-state index contributed by atoms with van der Waals surface area (Å²) in [6, 6.07) is 0. The van der Waals surface area contributed by atoms with Gasteiger partial charge in [-0.2, -0.15) is 0 Å². The quantitative estimate of drug-likeness (QED) is 0.527. The highest BCUT2D eigenvalue weighted by Gasteiger charge is 2.23. The second kappa shape index (κ2) is 9.90. The monoisotopic (exact) mass is 240 g/mol. The molecule has 0 aromatic rings. The summed E-state index contributed by atoms with van der Waals surface area (Å²) in [5, 5.41) is 3.39. The summed E-state index contributed by atoms with van der Waals surface area (Å²) in [6.45, 7) is 10.8. The van der Waals surface area contributed by atoms with Crippen molar-refractivity contribution < 1.29 is 0 Å². The molecule has 0 saturated heterocycles. The molecule has 0 amide bonds. The molecular weight excluding hydrogens is 208 g/mol. The minimum absolute atomic E-state index is 1.05. The van der Waals surface area contributed by atoms with E-state index in [0.717, 1.165) is 12.5 Å². The van der Waals surface area contributed by atoms with Crippen molar-refractivity contribution in [1.29, 1.82) is 0 Å². The van der Waals surface area contributed by atoms with E-state index >= 15 is 0 Å². The van der Waals surface area contributed by atoms with Crippen LogP contribution in [0.25, 0.3) is 0 Å². The van der Waals surface area contributed by atoms with Gasteiger partial charge in [-0.15, -0.1) is 0 Å². The Kier molecular flexibility index (Phi) is 8.72. The molecular formula is C15H32N2. The average Bonchev–Trinajstić information content (AvgIpc) is 3.12. The number of unbranched alkanes of at least 4 members (excludes halogenated alkanes) is 3. The summed E-state index contributed by atoms with van der Waals surface area (Å²) in [5.74, 6) is 1.05. The molecule has 2 heteroatoms. The van der Waals surface area contributed by atoms with Crippen LogP contribution in [-0.4, -0.2) is 37.6 Å². The number of hydrogen-bond acceptors (Lipinski definition) is 2. The summed E-state index contributed by atoms with van der Waals surface area (Å²) in [5.41, 5.74) is 0. The maximum Gasteiger partial charge on any atom is 0.000966 e. The maximum atomic E-state index is 3.39. The predicted octanol–water partition coefficient (Wildman–Crippen LogP) is 3.28. The molecule has 0 heterocycles. The third kappa shape index (κ3) is 8.62. The summed E-state index contributed by atoms with van der Waals surface area (Å²) in [7, 11) is 0. The van der Waals surface area contributed by atoms with Crippen molar-refractivity contribution in [3.05, 3.63) is 0 Å². The first-order valence-corrected chi connectivity index (χ1v) is 7.79. The normalized spacial score (nSPS) is 15.7. The molecule has 2 nitrogen and oxygen atoms in total. The van der Waals surface area contributed by atoms with E-state index in [2.05, 4.69) is 24.1 Å². The summed E-state index contributed by atoms with van der Waals surface area (Å²) >= 11 is 0. The molecule has 0 radical (unpaired) electrons. The fraction of sp³-hybridized carbons (Fsp3) is 1.00. The van der Waals surface area contributed by atoms with Gasteiger partial charge < -0.3 is 10.2 Å². The first kappa shape index (κ1) is 15.0. The molecule has 1 aliphatic carbocycles. The number of rotatable bonds is 12. The Labute approximate surface area is 108 Å². The first-order chi connectivity index (χ1) is 8.36. The lowest BCUT2D eigenvalue weighted by Crippen LogP contribution is -2.28. The van der Waals surface area contributed by atoms with E-state index in [1.165, 1.54) is 71.1 Å². The third-order valence-corrected chi connectivity index (χ3v) is 3.58. The van der Waals surface area contributed by atoms with Crippen LogP contribution in [0.5, 0.6) is 0 Å². The number of nitrogens with one attached hydrogen (secondary N) is 1. The minimum atomic E-state index is 1.05. The molecule has 17 heavy (non-hydrogen) atoms. The van der Waals surface area contributed by atoms with Crippen LogP contribution >= 0.6 is 0 Å². The average molecular weight is 240 g/mol. The molecule has 0 atom stereocenters. The molecule has 0 aliphatic heterocycles. The van der Waals surface area contributed by atoms with Gasteiger partial charge in [0.05, 0.1) is 0 Å². The van der Waals surface area contributed by atoms with Gasteiger partial charge in [0.15, 0.2) is 0 Å². The minimum Gasteiger partial charge on any atom is -0.317 e. The molecule has 0 bridgehead atoms. The predicted molar refractivity (Wildman–Crippen MR) is 76.5 cm³/mol. The van der Waals surface area contributed by atoms with Gasteiger partial charge in [-0.1, -0.05) is 26.7 Å². The lowest BCUT2D eigenvalue weighted by molar-refractivity contribution is 0.257. The van der Waals surface area contributed by atoms with E-state index in [4.69, 9.17) is 0 Å². The Morgan fingerprint density at radius 1 is 1.00 bits per heavy atom. The van der Waals surface area contributed by atoms with Crippen LogP contribution in [0.2, 0.25) is 0 Å². The van der Waals surface area contributed by atoms with Crippen LogP contribution in [0.3, 0.4) is 0 Å². The van der Waals surface area contributed by atoms with Gasteiger partial charge in [-0.3, -0.25) is 0 Å². The van der Waals surface area contributed by atoms with Gasteiger partial charge in [-0.05, 0) is 64.2 Å². The molecule has 0 unspecified atom stereocenters. The molecule has 0 spiro atoms. The van der Waals surface area contributed by atoms with Crippen LogP contribution in [-0.2, 0) is 0 Å². The van der Waals surface area contributed by atoms with Crippen molar-refractivity contribution >= 4 is 0 Å². The fourth-order valence-electron chi connectivity index (χ4n) is 2.39. The standard InChI is InChI=1S/C15H32N2/c1-3-12-17(14-15-9-10-15)13-8-6-5-7-11-16-4-2/h15-16H,3-14H2,1-2H3. The molecule has 0 aromatic carbocycles. The van der Waals surface area contributed by atoms with Crippen molar-refractivity contribution in [2.24, 2.45) is 5.92 Å². The van der Waals surface area contributed by atoms with Crippen molar-refractivity contribution in [3.63, 3.8) is 0 Å². The summed E-state index contributed by atoms with van der Waals surface area (Å²) in [6.07, 6.45) is 9.86. The lowest BCUT2D eigenvalue weighted by Gasteiger charge is -2.21. The topological polar surface area (TPSA) is 15.3 Å². The summed E-state index contributed by atoms with van der Waals surface area (Å²) < 4.78 is 0. The highest BCUT2D eigenvalue weighted by atomic mass is 15.1. The van der Waals surface area contributed by atoms with E-state index in [-0.39, 0.29) is 0 Å². The lowest BCUT2D eigenvalue weighted by atomic mass is 10.2. The second-order valence-electron chi connectivity index (χ2n) is 5.51. The van der Waals surface area contributed by atoms with Crippen LogP contribution < -0.4 is 5.32 Å². The van der Waals surface area contributed by atoms with Gasteiger partial charge >= 0.3 is 0 Å². The van der Waals surface area contributed by atoms with E-state index in [0.29, 0.717) is 0 Å². The fourth-order valence-corrected chi connectivity index (χ4v) is 2.39. The molecule has 102 valence electrons. The van der Waals surface area contributed by atoms with Crippen molar-refractivity contribution in [2.45, 2.75) is 58.8 Å². The number of hydrogen-bond donors (Lipinski definition) is 1. The molecule has 1 N–H and O–H groups in total. The molecule has 1 rings (SSSR count). The highest BCUT2D eigenvalue weighted by molar-refractivity contribution is 4.77. The Hall–Kier alpha value is -0.0800. The number of nitrogens with zero attached hydrogens (tertiary/aromatic N) is 1.